The van der Waals surface area contributed by atoms with Gasteiger partial charge in [-0.15, -0.1) is 0 Å². The topological polar surface area (TPSA) is 48.7 Å². The van der Waals surface area contributed by atoms with Crippen LogP contribution in [0.15, 0.2) is 69.9 Å². The maximum atomic E-state index is 13.7. The second kappa shape index (κ2) is 9.00. The van der Waals surface area contributed by atoms with Crippen LogP contribution in [-0.2, 0) is 12.8 Å². The molecule has 0 aliphatic carbocycles. The zero-order chi connectivity index (χ0) is 23.8. The van der Waals surface area contributed by atoms with Crippen molar-refractivity contribution in [2.75, 3.05) is 0 Å². The van der Waals surface area contributed by atoms with Crippen LogP contribution in [0.5, 0.6) is 17.2 Å². The summed E-state index contributed by atoms with van der Waals surface area (Å²) in [4.78, 5) is 12.9. The highest BCUT2D eigenvalue weighted by molar-refractivity contribution is 6.35. The molecule has 1 aromatic heterocycles. The maximum Gasteiger partial charge on any atom is 0.453 e. The van der Waals surface area contributed by atoms with Gasteiger partial charge in [0.1, 0.15) is 23.7 Å². The van der Waals surface area contributed by atoms with E-state index in [2.05, 4.69) is 0 Å². The molecule has 0 amide bonds. The lowest BCUT2D eigenvalue weighted by Gasteiger charge is -2.14. The van der Waals surface area contributed by atoms with E-state index in [1.807, 2.05) is 0 Å². The summed E-state index contributed by atoms with van der Waals surface area (Å²) in [6, 6.07) is 15.2. The Morgan fingerprint density at radius 1 is 0.970 bits per heavy atom. The largest absolute Gasteiger partial charge is 0.489 e. The smallest absolute Gasteiger partial charge is 0.453 e. The van der Waals surface area contributed by atoms with Gasteiger partial charge in [0.15, 0.2) is 0 Å². The maximum absolute atomic E-state index is 13.7. The third-order valence-electron chi connectivity index (χ3n) is 4.70. The van der Waals surface area contributed by atoms with E-state index in [0.29, 0.717) is 15.6 Å². The standard InChI is InChI=1S/C24H15Cl2F3O4/c1-13-3-2-4-17(9-13)32-22-21(30)18-8-7-16(11-20(18)33-23(22)24(27,28)29)31-12-14-5-6-15(25)10-19(14)26/h2-11H,12H2,1H3. The molecule has 0 N–H and O–H groups in total. The minimum Gasteiger partial charge on any atom is -0.489 e. The number of rotatable bonds is 5. The van der Waals surface area contributed by atoms with E-state index in [0.717, 1.165) is 5.56 Å². The first-order chi connectivity index (χ1) is 15.6. The van der Waals surface area contributed by atoms with Gasteiger partial charge in [0.25, 0.3) is 5.76 Å². The van der Waals surface area contributed by atoms with Crippen molar-refractivity contribution in [2.24, 2.45) is 0 Å². The minimum atomic E-state index is -4.96. The van der Waals surface area contributed by atoms with Crippen LogP contribution in [0.1, 0.15) is 16.9 Å². The fourth-order valence-corrected chi connectivity index (χ4v) is 3.59. The molecule has 0 bridgehead atoms. The molecule has 0 saturated heterocycles. The first-order valence-corrected chi connectivity index (χ1v) is 10.4. The van der Waals surface area contributed by atoms with E-state index in [9.17, 15) is 18.0 Å². The summed E-state index contributed by atoms with van der Waals surface area (Å²) >= 11 is 12.0. The predicted octanol–water partition coefficient (Wildman–Crippen LogP) is 7.80. The Morgan fingerprint density at radius 2 is 1.76 bits per heavy atom. The van der Waals surface area contributed by atoms with E-state index in [1.54, 1.807) is 37.3 Å². The molecule has 1 heterocycles. The van der Waals surface area contributed by atoms with E-state index in [4.69, 9.17) is 37.1 Å². The summed E-state index contributed by atoms with van der Waals surface area (Å²) in [7, 11) is 0. The van der Waals surface area contributed by atoms with Gasteiger partial charge < -0.3 is 13.9 Å². The zero-order valence-corrected chi connectivity index (χ0v) is 18.5. The molecule has 0 aliphatic heterocycles. The Hall–Kier alpha value is -3.16. The molecule has 0 aliphatic rings. The van der Waals surface area contributed by atoms with Crippen molar-refractivity contribution in [2.45, 2.75) is 19.7 Å². The molecule has 0 atom stereocenters. The van der Waals surface area contributed by atoms with Crippen molar-refractivity contribution in [3.63, 3.8) is 0 Å². The number of benzene rings is 3. The Morgan fingerprint density at radius 3 is 2.45 bits per heavy atom. The van der Waals surface area contributed by atoms with Crippen molar-refractivity contribution in [3.05, 3.63) is 97.8 Å². The highest BCUT2D eigenvalue weighted by Gasteiger charge is 2.40. The minimum absolute atomic E-state index is 0.0341. The van der Waals surface area contributed by atoms with E-state index >= 15 is 0 Å². The molecule has 0 saturated carbocycles. The van der Waals surface area contributed by atoms with Crippen LogP contribution in [0.4, 0.5) is 13.2 Å². The zero-order valence-electron chi connectivity index (χ0n) is 17.0. The molecule has 170 valence electrons. The summed E-state index contributed by atoms with van der Waals surface area (Å²) in [5, 5.41) is 0.759. The molecule has 4 aromatic rings. The van der Waals surface area contributed by atoms with Gasteiger partial charge in [0.2, 0.25) is 11.2 Å². The van der Waals surface area contributed by atoms with Gasteiger partial charge in [-0.1, -0.05) is 41.4 Å². The molecule has 3 aromatic carbocycles. The number of hydrogen-bond donors (Lipinski definition) is 0. The van der Waals surface area contributed by atoms with Crippen LogP contribution in [0.3, 0.4) is 0 Å². The lowest BCUT2D eigenvalue weighted by molar-refractivity contribution is -0.154. The van der Waals surface area contributed by atoms with Gasteiger partial charge in [-0.25, -0.2) is 0 Å². The van der Waals surface area contributed by atoms with Crippen molar-refractivity contribution < 1.29 is 27.1 Å². The first kappa shape index (κ1) is 23.0. The summed E-state index contributed by atoms with van der Waals surface area (Å²) in [6.45, 7) is 1.78. The van der Waals surface area contributed by atoms with Gasteiger partial charge >= 0.3 is 6.18 Å². The quantitative estimate of drug-likeness (QED) is 0.284. The van der Waals surface area contributed by atoms with Crippen LogP contribution >= 0.6 is 23.2 Å². The fraction of sp³-hybridized carbons (Fsp3) is 0.125. The monoisotopic (exact) mass is 494 g/mol. The molecule has 0 radical (unpaired) electrons. The van der Waals surface area contributed by atoms with Crippen LogP contribution < -0.4 is 14.9 Å². The van der Waals surface area contributed by atoms with E-state index in [1.165, 1.54) is 30.3 Å². The number of ether oxygens (including phenoxy) is 2. The Labute approximate surface area is 196 Å². The van der Waals surface area contributed by atoms with Gasteiger partial charge in [-0.05, 0) is 48.9 Å². The summed E-state index contributed by atoms with van der Waals surface area (Å²) in [5.41, 5.74) is 0.148. The molecule has 0 fully saturated rings. The molecule has 9 heteroatoms. The number of halogens is 5. The van der Waals surface area contributed by atoms with Gasteiger partial charge in [0.05, 0.1) is 5.39 Å². The first-order valence-electron chi connectivity index (χ1n) is 9.61. The Balaban J connectivity index is 1.72. The number of aryl methyl sites for hydroxylation is 1. The second-order valence-corrected chi connectivity index (χ2v) is 8.03. The number of alkyl halides is 3. The molecule has 0 spiro atoms. The molecular weight excluding hydrogens is 480 g/mol. The molecular formula is C24H15Cl2F3O4. The average Bonchev–Trinajstić information content (AvgIpc) is 2.74. The van der Waals surface area contributed by atoms with Crippen LogP contribution in [0.25, 0.3) is 11.0 Å². The van der Waals surface area contributed by atoms with Gasteiger partial charge in [-0.3, -0.25) is 4.79 Å². The lowest BCUT2D eigenvalue weighted by Crippen LogP contribution is -2.15. The fourth-order valence-electron chi connectivity index (χ4n) is 3.12. The Kier molecular flexibility index (Phi) is 6.28. The van der Waals surface area contributed by atoms with Crippen LogP contribution in [0, 0.1) is 6.92 Å². The highest BCUT2D eigenvalue weighted by Crippen LogP contribution is 2.38. The molecule has 4 rings (SSSR count). The Bertz CT molecular complexity index is 1400. The third-order valence-corrected chi connectivity index (χ3v) is 5.29. The van der Waals surface area contributed by atoms with E-state index in [-0.39, 0.29) is 29.1 Å². The molecule has 4 nitrogen and oxygen atoms in total. The van der Waals surface area contributed by atoms with Crippen LogP contribution in [-0.4, -0.2) is 0 Å². The lowest BCUT2D eigenvalue weighted by atomic mass is 10.2. The summed E-state index contributed by atoms with van der Waals surface area (Å²) in [6.07, 6.45) is -4.96. The average molecular weight is 495 g/mol. The van der Waals surface area contributed by atoms with Crippen molar-refractivity contribution in [1.82, 2.24) is 0 Å². The molecule has 33 heavy (non-hydrogen) atoms. The van der Waals surface area contributed by atoms with Gasteiger partial charge in [-0.2, -0.15) is 13.2 Å². The second-order valence-electron chi connectivity index (χ2n) is 7.19. The van der Waals surface area contributed by atoms with Crippen molar-refractivity contribution in [3.8, 4) is 17.2 Å². The molecule has 0 unspecified atom stereocenters. The predicted molar refractivity (Wildman–Crippen MR) is 120 cm³/mol. The van der Waals surface area contributed by atoms with Crippen LogP contribution in [0.2, 0.25) is 10.0 Å². The highest BCUT2D eigenvalue weighted by atomic mass is 35.5. The van der Waals surface area contributed by atoms with E-state index < -0.39 is 23.1 Å². The number of hydrogen-bond acceptors (Lipinski definition) is 4. The summed E-state index contributed by atoms with van der Waals surface area (Å²) in [5.74, 6) is -2.18. The van der Waals surface area contributed by atoms with Crippen molar-refractivity contribution >= 4 is 34.2 Å². The summed E-state index contributed by atoms with van der Waals surface area (Å²) < 4.78 is 57.2. The van der Waals surface area contributed by atoms with Gasteiger partial charge in [0, 0.05) is 21.7 Å². The third kappa shape index (κ3) is 5.10. The number of fused-ring (bicyclic) bond motifs is 1. The SMILES string of the molecule is Cc1cccc(Oc2c(C(F)(F)F)oc3cc(OCc4ccc(Cl)cc4Cl)ccc3c2=O)c1. The normalized spacial score (nSPS) is 11.6. The van der Waals surface area contributed by atoms with Crippen molar-refractivity contribution in [1.29, 1.82) is 0 Å².